The fraction of sp³-hybridized carbons (Fsp3) is 0.667. The Kier molecular flexibility index (Phi) is 1.92. The van der Waals surface area contributed by atoms with Gasteiger partial charge in [-0.25, -0.2) is 13.1 Å². The third-order valence-corrected chi connectivity index (χ3v) is 4.34. The average Bonchev–Trinajstić information content (AvgIpc) is 2.73. The number of aromatic nitrogens is 2. The first-order valence-corrected chi connectivity index (χ1v) is 7.43. The van der Waals surface area contributed by atoms with E-state index < -0.39 is 9.05 Å². The average molecular weight is 247 g/mol. The molecule has 0 bridgehead atoms. The van der Waals surface area contributed by atoms with Gasteiger partial charge in [0.25, 0.3) is 9.05 Å². The van der Waals surface area contributed by atoms with Crippen molar-refractivity contribution >= 4 is 19.7 Å². The second-order valence-corrected chi connectivity index (χ2v) is 6.68. The lowest BCUT2D eigenvalue weighted by atomic mass is 10.3. The van der Waals surface area contributed by atoms with Crippen molar-refractivity contribution < 1.29 is 8.42 Å². The maximum absolute atomic E-state index is 11.5. The van der Waals surface area contributed by atoms with E-state index in [1.165, 1.54) is 0 Å². The lowest BCUT2D eigenvalue weighted by Gasteiger charge is -2.04. The van der Waals surface area contributed by atoms with Crippen LogP contribution in [0.4, 0.5) is 0 Å². The molecule has 2 aliphatic rings. The summed E-state index contributed by atoms with van der Waals surface area (Å²) in [6.07, 6.45) is 4.69. The quantitative estimate of drug-likeness (QED) is 0.746. The summed E-state index contributed by atoms with van der Waals surface area (Å²) in [4.78, 5) is 0. The first-order valence-electron chi connectivity index (χ1n) is 5.12. The normalized spacial score (nSPS) is 20.6. The largest absolute Gasteiger partial charge is 0.278 e. The van der Waals surface area contributed by atoms with E-state index in [1.54, 1.807) is 4.68 Å². The minimum atomic E-state index is -3.65. The van der Waals surface area contributed by atoms with Crippen LogP contribution in [0.25, 0.3) is 0 Å². The molecule has 0 aliphatic heterocycles. The zero-order valence-corrected chi connectivity index (χ0v) is 9.68. The van der Waals surface area contributed by atoms with Gasteiger partial charge in [-0.1, -0.05) is 0 Å². The van der Waals surface area contributed by atoms with E-state index in [0.29, 0.717) is 0 Å². The Bertz CT molecular complexity index is 516. The zero-order chi connectivity index (χ0) is 10.6. The van der Waals surface area contributed by atoms with Gasteiger partial charge >= 0.3 is 0 Å². The fourth-order valence-electron chi connectivity index (χ4n) is 2.21. The molecule has 0 N–H and O–H groups in total. The number of nitrogens with zero attached hydrogens (tertiary/aromatic N) is 2. The van der Waals surface area contributed by atoms with Crippen molar-refractivity contribution in [2.24, 2.45) is 0 Å². The minimum absolute atomic E-state index is 0.263. The number of hydrogen-bond donors (Lipinski definition) is 0. The smallest absolute Gasteiger partial charge is 0.249 e. The number of aryl methyl sites for hydroxylation is 1. The van der Waals surface area contributed by atoms with Gasteiger partial charge in [-0.05, 0) is 32.1 Å². The van der Waals surface area contributed by atoms with E-state index in [1.807, 2.05) is 0 Å². The Morgan fingerprint density at radius 2 is 2.07 bits per heavy atom. The third kappa shape index (κ3) is 1.49. The highest BCUT2D eigenvalue weighted by molar-refractivity contribution is 8.13. The zero-order valence-electron chi connectivity index (χ0n) is 8.11. The summed E-state index contributed by atoms with van der Waals surface area (Å²) >= 11 is 0. The Morgan fingerprint density at radius 3 is 2.67 bits per heavy atom. The van der Waals surface area contributed by atoms with Crippen LogP contribution in [0.5, 0.6) is 0 Å². The highest BCUT2D eigenvalue weighted by Crippen LogP contribution is 2.40. The predicted octanol–water partition coefficient (Wildman–Crippen LogP) is 1.63. The molecule has 82 valence electrons. The van der Waals surface area contributed by atoms with Crippen LogP contribution in [0.3, 0.4) is 0 Å². The summed E-state index contributed by atoms with van der Waals surface area (Å²) in [5, 5.41) is 4.64. The second-order valence-electron chi connectivity index (χ2n) is 4.20. The molecule has 3 rings (SSSR count). The molecule has 1 aromatic rings. The fourth-order valence-corrected chi connectivity index (χ4v) is 3.63. The maximum Gasteiger partial charge on any atom is 0.278 e. The summed E-state index contributed by atoms with van der Waals surface area (Å²) in [5.74, 6) is 0. The van der Waals surface area contributed by atoms with Crippen molar-refractivity contribution in [2.75, 3.05) is 0 Å². The van der Waals surface area contributed by atoms with Gasteiger partial charge in [-0.2, -0.15) is 5.10 Å². The molecule has 0 amide bonds. The molecule has 6 heteroatoms. The predicted molar refractivity (Wildman–Crippen MR) is 55.6 cm³/mol. The van der Waals surface area contributed by atoms with Crippen LogP contribution in [-0.2, 0) is 21.9 Å². The van der Waals surface area contributed by atoms with Crippen LogP contribution in [0, 0.1) is 0 Å². The summed E-state index contributed by atoms with van der Waals surface area (Å²) < 4.78 is 24.7. The topological polar surface area (TPSA) is 52.0 Å². The molecule has 0 spiro atoms. The van der Waals surface area contributed by atoms with Gasteiger partial charge in [-0.15, -0.1) is 0 Å². The van der Waals surface area contributed by atoms with E-state index in [4.69, 9.17) is 10.7 Å². The van der Waals surface area contributed by atoms with Gasteiger partial charge < -0.3 is 0 Å². The van der Waals surface area contributed by atoms with Crippen LogP contribution >= 0.6 is 10.7 Å². The first-order chi connectivity index (χ1) is 7.07. The Hall–Kier alpha value is -0.550. The molecule has 0 radical (unpaired) electrons. The van der Waals surface area contributed by atoms with Crippen molar-refractivity contribution in [2.45, 2.75) is 43.2 Å². The van der Waals surface area contributed by atoms with Gasteiger partial charge in [0.15, 0.2) is 5.03 Å². The molecule has 2 aliphatic carbocycles. The van der Waals surface area contributed by atoms with Crippen LogP contribution in [0.1, 0.15) is 36.6 Å². The third-order valence-electron chi connectivity index (χ3n) is 3.01. The molecule has 0 aromatic carbocycles. The van der Waals surface area contributed by atoms with E-state index in [9.17, 15) is 8.42 Å². The van der Waals surface area contributed by atoms with Crippen LogP contribution in [0.15, 0.2) is 5.03 Å². The number of halogens is 1. The van der Waals surface area contributed by atoms with Crippen LogP contribution in [-0.4, -0.2) is 18.2 Å². The summed E-state index contributed by atoms with van der Waals surface area (Å²) in [7, 11) is 1.82. The van der Waals surface area contributed by atoms with Gasteiger partial charge in [0.05, 0.1) is 11.7 Å². The molecular formula is C9H11ClN2O2S. The van der Waals surface area contributed by atoms with E-state index in [2.05, 4.69) is 5.10 Å². The summed E-state index contributed by atoms with van der Waals surface area (Å²) in [6, 6.07) is 0.263. The second kappa shape index (κ2) is 2.98. The Morgan fingerprint density at radius 1 is 1.33 bits per heavy atom. The molecular weight excluding hydrogens is 236 g/mol. The molecule has 0 saturated heterocycles. The lowest BCUT2D eigenvalue weighted by Crippen LogP contribution is -2.07. The van der Waals surface area contributed by atoms with Crippen molar-refractivity contribution in [3.05, 3.63) is 11.3 Å². The van der Waals surface area contributed by atoms with Gasteiger partial charge in [0.2, 0.25) is 0 Å². The van der Waals surface area contributed by atoms with Gasteiger partial charge in [0, 0.05) is 16.2 Å². The summed E-state index contributed by atoms with van der Waals surface area (Å²) in [6.45, 7) is 0. The molecule has 1 heterocycles. The molecule has 4 nitrogen and oxygen atoms in total. The SMILES string of the molecule is O=S(=O)(Cl)c1c2c(nn1C1CC1)CCC2. The maximum atomic E-state index is 11.5. The molecule has 1 fully saturated rings. The van der Waals surface area contributed by atoms with E-state index in [-0.39, 0.29) is 11.1 Å². The van der Waals surface area contributed by atoms with E-state index in [0.717, 1.165) is 43.4 Å². The number of rotatable bonds is 2. The highest BCUT2D eigenvalue weighted by atomic mass is 35.7. The number of fused-ring (bicyclic) bond motifs is 1. The lowest BCUT2D eigenvalue weighted by molar-refractivity contribution is 0.543. The van der Waals surface area contributed by atoms with Gasteiger partial charge in [-0.3, -0.25) is 0 Å². The molecule has 0 unspecified atom stereocenters. The van der Waals surface area contributed by atoms with Gasteiger partial charge in [0.1, 0.15) is 0 Å². The van der Waals surface area contributed by atoms with Crippen molar-refractivity contribution in [3.8, 4) is 0 Å². The molecule has 15 heavy (non-hydrogen) atoms. The van der Waals surface area contributed by atoms with Crippen molar-refractivity contribution in [1.29, 1.82) is 0 Å². The highest BCUT2D eigenvalue weighted by Gasteiger charge is 2.35. The van der Waals surface area contributed by atoms with Crippen molar-refractivity contribution in [1.82, 2.24) is 9.78 Å². The minimum Gasteiger partial charge on any atom is -0.249 e. The standard InChI is InChI=1S/C9H11ClN2O2S/c10-15(13,14)9-7-2-1-3-8(7)11-12(9)6-4-5-6/h6H,1-5H2. The molecule has 1 saturated carbocycles. The monoisotopic (exact) mass is 246 g/mol. The van der Waals surface area contributed by atoms with Crippen LogP contribution < -0.4 is 0 Å². The molecule has 0 atom stereocenters. The van der Waals surface area contributed by atoms with Crippen molar-refractivity contribution in [3.63, 3.8) is 0 Å². The Balaban J connectivity index is 2.23. The molecule has 1 aromatic heterocycles. The van der Waals surface area contributed by atoms with E-state index >= 15 is 0 Å². The number of hydrogen-bond acceptors (Lipinski definition) is 3. The first kappa shape index (κ1) is 9.66. The summed E-state index contributed by atoms with van der Waals surface area (Å²) in [5.41, 5.74) is 1.79. The Labute approximate surface area is 92.6 Å². The van der Waals surface area contributed by atoms with Crippen LogP contribution in [0.2, 0.25) is 0 Å².